The van der Waals surface area contributed by atoms with Crippen molar-refractivity contribution in [2.45, 2.75) is 51.2 Å². The molecule has 0 amide bonds. The predicted molar refractivity (Wildman–Crippen MR) is 71.1 cm³/mol. The molecule has 1 heterocycles. The molecule has 0 spiro atoms. The Hall–Kier alpha value is -0.450. The van der Waals surface area contributed by atoms with Gasteiger partial charge in [0, 0.05) is 18.1 Å². The van der Waals surface area contributed by atoms with E-state index in [0.29, 0.717) is 6.54 Å². The number of hydrogen-bond donors (Lipinski definition) is 2. The van der Waals surface area contributed by atoms with Gasteiger partial charge in [-0.15, -0.1) is 11.3 Å². The fourth-order valence-corrected chi connectivity index (χ4v) is 3.23. The second-order valence-corrected chi connectivity index (χ2v) is 5.97. The Bertz CT molecular complexity index is 309. The van der Waals surface area contributed by atoms with Gasteiger partial charge in [0.1, 0.15) is 5.01 Å². The summed E-state index contributed by atoms with van der Waals surface area (Å²) in [5, 5.41) is 16.4. The normalized spacial score (nSPS) is 20.6. The summed E-state index contributed by atoms with van der Waals surface area (Å²) < 4.78 is 0. The zero-order valence-corrected chi connectivity index (χ0v) is 11.2. The van der Waals surface area contributed by atoms with E-state index in [9.17, 15) is 5.11 Å². The van der Waals surface area contributed by atoms with Crippen molar-refractivity contribution < 1.29 is 5.11 Å². The molecule has 4 heteroatoms. The highest BCUT2D eigenvalue weighted by atomic mass is 32.1. The summed E-state index contributed by atoms with van der Waals surface area (Å²) in [7, 11) is 0. The zero-order valence-electron chi connectivity index (χ0n) is 10.4. The van der Waals surface area contributed by atoms with Gasteiger partial charge in [0.25, 0.3) is 0 Å². The van der Waals surface area contributed by atoms with Crippen LogP contribution in [-0.2, 0) is 0 Å². The first kappa shape index (κ1) is 13.0. The number of rotatable bonds is 6. The first-order valence-corrected chi connectivity index (χ1v) is 7.44. The van der Waals surface area contributed by atoms with Gasteiger partial charge in [-0.1, -0.05) is 25.7 Å². The van der Waals surface area contributed by atoms with E-state index in [1.807, 2.05) is 11.6 Å². The minimum Gasteiger partial charge on any atom is -0.392 e. The molecule has 1 aliphatic carbocycles. The highest BCUT2D eigenvalue weighted by molar-refractivity contribution is 7.09. The lowest BCUT2D eigenvalue weighted by molar-refractivity contribution is 0.137. The molecule has 0 radical (unpaired) electrons. The maximum atomic E-state index is 9.98. The van der Waals surface area contributed by atoms with Crippen LogP contribution in [0.5, 0.6) is 0 Å². The second-order valence-electron chi connectivity index (χ2n) is 5.04. The van der Waals surface area contributed by atoms with Crippen molar-refractivity contribution in [3.05, 3.63) is 16.6 Å². The number of hydrogen-bond acceptors (Lipinski definition) is 4. The average Bonchev–Trinajstić information content (AvgIpc) is 2.97. The summed E-state index contributed by atoms with van der Waals surface area (Å²) in [6.07, 6.45) is 7.88. The minimum atomic E-state index is -0.208. The number of nitrogens with one attached hydrogen (secondary N) is 1. The molecular formula is C13H22N2OS. The van der Waals surface area contributed by atoms with Crippen LogP contribution < -0.4 is 5.32 Å². The topological polar surface area (TPSA) is 45.1 Å². The molecule has 17 heavy (non-hydrogen) atoms. The Balaban J connectivity index is 1.66. The molecule has 3 nitrogen and oxygen atoms in total. The Kier molecular flexibility index (Phi) is 4.95. The van der Waals surface area contributed by atoms with Crippen LogP contribution in [-0.4, -0.2) is 22.7 Å². The van der Waals surface area contributed by atoms with Gasteiger partial charge in [-0.2, -0.15) is 0 Å². The molecular weight excluding hydrogens is 232 g/mol. The largest absolute Gasteiger partial charge is 0.392 e. The number of thiazole rings is 1. The third kappa shape index (κ3) is 4.05. The van der Waals surface area contributed by atoms with Crippen molar-refractivity contribution in [1.82, 2.24) is 10.3 Å². The van der Waals surface area contributed by atoms with E-state index >= 15 is 0 Å². The van der Waals surface area contributed by atoms with E-state index in [0.717, 1.165) is 17.3 Å². The Labute approximate surface area is 107 Å². The van der Waals surface area contributed by atoms with Crippen LogP contribution in [0, 0.1) is 5.92 Å². The zero-order chi connectivity index (χ0) is 12.1. The van der Waals surface area contributed by atoms with Crippen molar-refractivity contribution >= 4 is 11.3 Å². The van der Waals surface area contributed by atoms with Crippen LogP contribution in [0.3, 0.4) is 0 Å². The van der Waals surface area contributed by atoms with Gasteiger partial charge in [0.15, 0.2) is 0 Å². The molecule has 96 valence electrons. The van der Waals surface area contributed by atoms with Crippen LogP contribution in [0.25, 0.3) is 0 Å². The van der Waals surface area contributed by atoms with Crippen LogP contribution in [0.15, 0.2) is 11.6 Å². The van der Waals surface area contributed by atoms with Gasteiger partial charge in [0.2, 0.25) is 0 Å². The van der Waals surface area contributed by atoms with Gasteiger partial charge in [-0.25, -0.2) is 4.98 Å². The molecule has 1 aliphatic rings. The van der Waals surface area contributed by atoms with E-state index in [2.05, 4.69) is 17.2 Å². The molecule has 1 fully saturated rings. The molecule has 0 saturated heterocycles. The molecule has 0 aliphatic heterocycles. The molecule has 1 aromatic rings. The lowest BCUT2D eigenvalue weighted by Gasteiger charge is -2.18. The first-order valence-electron chi connectivity index (χ1n) is 6.56. The minimum absolute atomic E-state index is 0.208. The third-order valence-electron chi connectivity index (χ3n) is 3.56. The van der Waals surface area contributed by atoms with E-state index in [-0.39, 0.29) is 12.1 Å². The van der Waals surface area contributed by atoms with Crippen LogP contribution in [0.4, 0.5) is 0 Å². The summed E-state index contributed by atoms with van der Waals surface area (Å²) >= 11 is 1.66. The maximum Gasteiger partial charge on any atom is 0.109 e. The summed E-state index contributed by atoms with van der Waals surface area (Å²) in [6.45, 7) is 2.78. The number of aliphatic hydroxyl groups excluding tert-OH is 1. The molecule has 1 saturated carbocycles. The van der Waals surface area contributed by atoms with E-state index < -0.39 is 0 Å². The first-order chi connectivity index (χ1) is 8.25. The van der Waals surface area contributed by atoms with Crippen molar-refractivity contribution in [1.29, 1.82) is 0 Å². The fraction of sp³-hybridized carbons (Fsp3) is 0.769. The second kappa shape index (κ2) is 6.47. The highest BCUT2D eigenvalue weighted by Gasteiger charge is 2.19. The number of aliphatic hydroxyl groups is 1. The molecule has 1 aromatic heterocycles. The van der Waals surface area contributed by atoms with E-state index in [4.69, 9.17) is 0 Å². The summed E-state index contributed by atoms with van der Waals surface area (Å²) in [5.74, 6) is 0.752. The van der Waals surface area contributed by atoms with Crippen LogP contribution in [0.1, 0.15) is 50.1 Å². The van der Waals surface area contributed by atoms with Gasteiger partial charge >= 0.3 is 0 Å². The molecule has 0 aromatic carbocycles. The summed E-state index contributed by atoms with van der Waals surface area (Å²) in [4.78, 5) is 4.27. The number of aromatic nitrogens is 1. The smallest absolute Gasteiger partial charge is 0.109 e. The summed E-state index contributed by atoms with van der Waals surface area (Å²) in [6, 6.07) is 0.244. The molecule has 2 atom stereocenters. The van der Waals surface area contributed by atoms with Gasteiger partial charge < -0.3 is 10.4 Å². The maximum absolute atomic E-state index is 9.98. The quantitative estimate of drug-likeness (QED) is 0.820. The lowest BCUT2D eigenvalue weighted by atomic mass is 10.00. The third-order valence-corrected chi connectivity index (χ3v) is 4.52. The van der Waals surface area contributed by atoms with Gasteiger partial charge in [-0.3, -0.25) is 0 Å². The predicted octanol–water partition coefficient (Wildman–Crippen LogP) is 2.73. The standard InChI is InChI=1S/C13H22N2OS/c1-10(13-14-6-7-17-13)15-9-12(16)8-11-4-2-3-5-11/h6-7,10-12,15-16H,2-5,8-9H2,1H3. The molecule has 0 bridgehead atoms. The van der Waals surface area contributed by atoms with Gasteiger partial charge in [0.05, 0.1) is 12.1 Å². The van der Waals surface area contributed by atoms with Gasteiger partial charge in [-0.05, 0) is 19.3 Å². The Morgan fingerprint density at radius 2 is 2.29 bits per heavy atom. The van der Waals surface area contributed by atoms with Crippen molar-refractivity contribution in [3.63, 3.8) is 0 Å². The van der Waals surface area contributed by atoms with Crippen LogP contribution in [0.2, 0.25) is 0 Å². The molecule has 2 N–H and O–H groups in total. The molecule has 2 rings (SSSR count). The molecule has 2 unspecified atom stereocenters. The Morgan fingerprint density at radius 1 is 1.53 bits per heavy atom. The van der Waals surface area contributed by atoms with E-state index in [1.54, 1.807) is 11.3 Å². The Morgan fingerprint density at radius 3 is 2.94 bits per heavy atom. The van der Waals surface area contributed by atoms with Crippen molar-refractivity contribution in [2.24, 2.45) is 5.92 Å². The van der Waals surface area contributed by atoms with Crippen molar-refractivity contribution in [2.75, 3.05) is 6.54 Å². The van der Waals surface area contributed by atoms with Crippen molar-refractivity contribution in [3.8, 4) is 0 Å². The average molecular weight is 254 g/mol. The monoisotopic (exact) mass is 254 g/mol. The number of nitrogens with zero attached hydrogens (tertiary/aromatic N) is 1. The summed E-state index contributed by atoms with van der Waals surface area (Å²) in [5.41, 5.74) is 0. The van der Waals surface area contributed by atoms with Crippen LogP contribution >= 0.6 is 11.3 Å². The van der Waals surface area contributed by atoms with E-state index in [1.165, 1.54) is 25.7 Å². The fourth-order valence-electron chi connectivity index (χ4n) is 2.56. The lowest BCUT2D eigenvalue weighted by Crippen LogP contribution is -2.30. The SMILES string of the molecule is CC(NCC(O)CC1CCCC1)c1nccs1. The highest BCUT2D eigenvalue weighted by Crippen LogP contribution is 2.28.